The smallest absolute Gasteiger partial charge is 0.376 e. The van der Waals surface area contributed by atoms with E-state index in [1.807, 2.05) is 36.4 Å². The molecule has 1 saturated carbocycles. The van der Waals surface area contributed by atoms with Crippen LogP contribution >= 0.6 is 0 Å². The van der Waals surface area contributed by atoms with Gasteiger partial charge in [-0.1, -0.05) is 79.6 Å². The molecule has 2 atom stereocenters. The summed E-state index contributed by atoms with van der Waals surface area (Å²) in [5.41, 5.74) is -4.28. The highest BCUT2D eigenvalue weighted by atomic mass is 19.4. The first-order chi connectivity index (χ1) is 19.9. The molecule has 42 heavy (non-hydrogen) atoms. The minimum atomic E-state index is -5.97. The van der Waals surface area contributed by atoms with Gasteiger partial charge >= 0.3 is 12.4 Å². The Morgan fingerprint density at radius 3 is 2.12 bits per heavy atom. The van der Waals surface area contributed by atoms with Crippen LogP contribution in [0.25, 0.3) is 0 Å². The van der Waals surface area contributed by atoms with Crippen molar-refractivity contribution >= 4 is 0 Å². The molecule has 0 amide bonds. The lowest BCUT2D eigenvalue weighted by Crippen LogP contribution is -2.53. The van der Waals surface area contributed by atoms with E-state index in [0.717, 1.165) is 36.8 Å². The van der Waals surface area contributed by atoms with Gasteiger partial charge in [0, 0.05) is 30.0 Å². The van der Waals surface area contributed by atoms with Crippen LogP contribution in [-0.4, -0.2) is 37.2 Å². The van der Waals surface area contributed by atoms with Crippen LogP contribution in [0.1, 0.15) is 65.3 Å². The summed E-state index contributed by atoms with van der Waals surface area (Å²) in [7, 11) is 0. The van der Waals surface area contributed by atoms with Gasteiger partial charge in [-0.3, -0.25) is 0 Å². The summed E-state index contributed by atoms with van der Waals surface area (Å²) in [6, 6.07) is 18.2. The minimum Gasteiger partial charge on any atom is -0.376 e. The molecule has 2 N–H and O–H groups in total. The second kappa shape index (κ2) is 11.6. The van der Waals surface area contributed by atoms with Crippen LogP contribution in [0.5, 0.6) is 0 Å². The van der Waals surface area contributed by atoms with Crippen molar-refractivity contribution in [2.24, 2.45) is 0 Å². The number of ether oxygens (including phenoxy) is 1. The molecule has 226 valence electrons. The van der Waals surface area contributed by atoms with Gasteiger partial charge in [-0.2, -0.15) is 26.3 Å². The molecule has 10 heteroatoms. The lowest BCUT2D eigenvalue weighted by atomic mass is 9.69. The van der Waals surface area contributed by atoms with E-state index in [-0.39, 0.29) is 24.9 Å². The molecule has 1 saturated heterocycles. The highest BCUT2D eigenvalue weighted by molar-refractivity contribution is 5.42. The molecule has 0 bridgehead atoms. The predicted molar refractivity (Wildman–Crippen MR) is 143 cm³/mol. The third-order valence-electron chi connectivity index (χ3n) is 8.84. The zero-order chi connectivity index (χ0) is 30.2. The highest BCUT2D eigenvalue weighted by Crippen LogP contribution is 2.51. The van der Waals surface area contributed by atoms with Crippen LogP contribution in [0.2, 0.25) is 0 Å². The maximum Gasteiger partial charge on any atom is 0.430 e. The molecule has 3 nitrogen and oxygen atoms in total. The largest absolute Gasteiger partial charge is 0.430 e. The van der Waals surface area contributed by atoms with E-state index < -0.39 is 34.8 Å². The molecule has 1 aliphatic carbocycles. The van der Waals surface area contributed by atoms with E-state index >= 15 is 4.39 Å². The van der Waals surface area contributed by atoms with Crippen molar-refractivity contribution in [2.45, 2.75) is 67.5 Å². The highest BCUT2D eigenvalue weighted by Gasteiger charge is 2.71. The normalized spacial score (nSPS) is 22.1. The molecule has 0 unspecified atom stereocenters. The van der Waals surface area contributed by atoms with E-state index in [9.17, 15) is 31.4 Å². The molecule has 2 fully saturated rings. The fourth-order valence-electron chi connectivity index (χ4n) is 6.51. The van der Waals surface area contributed by atoms with Gasteiger partial charge in [-0.25, -0.2) is 4.39 Å². The van der Waals surface area contributed by atoms with E-state index in [1.165, 1.54) is 18.2 Å². The molecule has 2 aliphatic rings. The van der Waals surface area contributed by atoms with Gasteiger partial charge in [0.2, 0.25) is 0 Å². The maximum absolute atomic E-state index is 15.0. The zero-order valence-corrected chi connectivity index (χ0v) is 22.7. The first kappa shape index (κ1) is 30.5. The molecule has 0 radical (unpaired) electrons. The van der Waals surface area contributed by atoms with Crippen LogP contribution in [-0.2, 0) is 22.4 Å². The molecule has 3 aromatic carbocycles. The first-order valence-corrected chi connectivity index (χ1v) is 14.0. The SMILES string of the molecule is OC(c1ccc([C@@H]2CNC[C@]2(COCc2ccccc2)c2ccc(F)c(C3CCCC3)c2)cc1)(C(F)(F)F)C(F)(F)F. The summed E-state index contributed by atoms with van der Waals surface area (Å²) in [6.07, 6.45) is -8.16. The van der Waals surface area contributed by atoms with Crippen LogP contribution < -0.4 is 5.32 Å². The standard InChI is InChI=1S/C32H32F7NO2/c33-28-15-14-25(16-26(28)22-8-4-5-9-22)29(20-42-18-21-6-2-1-3-7-21)19-40-17-27(29)23-10-12-24(13-11-23)30(41,31(34,35)36)32(37,38)39/h1-3,6-7,10-16,22,27,40-41H,4-5,8-9,17-20H2/t27-,29-/m0/s1. The van der Waals surface area contributed by atoms with Crippen molar-refractivity contribution in [1.29, 1.82) is 0 Å². The Bertz CT molecular complexity index is 1340. The van der Waals surface area contributed by atoms with Crippen molar-refractivity contribution < 1.29 is 40.6 Å². The number of hydrogen-bond acceptors (Lipinski definition) is 3. The van der Waals surface area contributed by atoms with Gasteiger partial charge in [0.05, 0.1) is 13.2 Å². The van der Waals surface area contributed by atoms with Crippen LogP contribution in [0.4, 0.5) is 30.7 Å². The summed E-state index contributed by atoms with van der Waals surface area (Å²) >= 11 is 0. The van der Waals surface area contributed by atoms with E-state index in [2.05, 4.69) is 5.32 Å². The molecular weight excluding hydrogens is 563 g/mol. The van der Waals surface area contributed by atoms with Crippen molar-refractivity contribution in [3.05, 3.63) is 106 Å². The number of alkyl halides is 6. The molecule has 0 aromatic heterocycles. The van der Waals surface area contributed by atoms with Crippen LogP contribution in [0, 0.1) is 5.82 Å². The summed E-state index contributed by atoms with van der Waals surface area (Å²) in [6.45, 7) is 1.23. The van der Waals surface area contributed by atoms with Crippen molar-refractivity contribution in [2.75, 3.05) is 19.7 Å². The average Bonchev–Trinajstić information content (AvgIpc) is 3.64. The Hall–Kier alpha value is -2.95. The Labute approximate surface area is 239 Å². The molecule has 1 aliphatic heterocycles. The van der Waals surface area contributed by atoms with Gasteiger partial charge in [0.25, 0.3) is 5.60 Å². The van der Waals surface area contributed by atoms with Gasteiger partial charge in [-0.15, -0.1) is 0 Å². The quantitative estimate of drug-likeness (QED) is 0.263. The van der Waals surface area contributed by atoms with Gasteiger partial charge in [-0.05, 0) is 47.1 Å². The predicted octanol–water partition coefficient (Wildman–Crippen LogP) is 7.64. The summed E-state index contributed by atoms with van der Waals surface area (Å²) in [5.74, 6) is -0.632. The maximum atomic E-state index is 15.0. The van der Waals surface area contributed by atoms with Crippen LogP contribution in [0.15, 0.2) is 72.8 Å². The van der Waals surface area contributed by atoms with Gasteiger partial charge in [0.1, 0.15) is 5.82 Å². The van der Waals surface area contributed by atoms with Gasteiger partial charge < -0.3 is 15.2 Å². The second-order valence-corrected chi connectivity index (χ2v) is 11.4. The number of rotatable bonds is 8. The Morgan fingerprint density at radius 2 is 1.50 bits per heavy atom. The third-order valence-corrected chi connectivity index (χ3v) is 8.84. The topological polar surface area (TPSA) is 41.5 Å². The summed E-state index contributed by atoms with van der Waals surface area (Å²) in [4.78, 5) is 0. The Balaban J connectivity index is 1.53. The lowest BCUT2D eigenvalue weighted by Gasteiger charge is -2.37. The lowest BCUT2D eigenvalue weighted by molar-refractivity contribution is -0.376. The number of hydrogen-bond donors (Lipinski definition) is 2. The van der Waals surface area contributed by atoms with Crippen molar-refractivity contribution in [3.8, 4) is 0 Å². The van der Waals surface area contributed by atoms with Crippen molar-refractivity contribution in [3.63, 3.8) is 0 Å². The fraction of sp³-hybridized carbons (Fsp3) is 0.438. The number of aliphatic hydroxyl groups is 1. The van der Waals surface area contributed by atoms with Crippen molar-refractivity contribution in [1.82, 2.24) is 5.32 Å². The monoisotopic (exact) mass is 595 g/mol. The summed E-state index contributed by atoms with van der Waals surface area (Å²) < 4.78 is 102. The second-order valence-electron chi connectivity index (χ2n) is 11.4. The first-order valence-electron chi connectivity index (χ1n) is 14.0. The third kappa shape index (κ3) is 5.56. The average molecular weight is 596 g/mol. The minimum absolute atomic E-state index is 0.0850. The summed E-state index contributed by atoms with van der Waals surface area (Å²) in [5, 5.41) is 13.2. The molecule has 0 spiro atoms. The number of halogens is 7. The zero-order valence-electron chi connectivity index (χ0n) is 22.7. The number of benzene rings is 3. The molecule has 3 aromatic rings. The molecule has 5 rings (SSSR count). The Morgan fingerprint density at radius 1 is 0.857 bits per heavy atom. The molecular formula is C32H32F7NO2. The number of nitrogens with one attached hydrogen (secondary N) is 1. The Kier molecular flexibility index (Phi) is 8.44. The molecule has 1 heterocycles. The van der Waals surface area contributed by atoms with E-state index in [1.54, 1.807) is 6.07 Å². The fourth-order valence-corrected chi connectivity index (χ4v) is 6.51. The van der Waals surface area contributed by atoms with Crippen LogP contribution in [0.3, 0.4) is 0 Å². The van der Waals surface area contributed by atoms with Gasteiger partial charge in [0.15, 0.2) is 0 Å². The van der Waals surface area contributed by atoms with E-state index in [4.69, 9.17) is 4.74 Å². The van der Waals surface area contributed by atoms with E-state index in [0.29, 0.717) is 36.3 Å².